The van der Waals surface area contributed by atoms with E-state index in [1.807, 2.05) is 22.6 Å². The van der Waals surface area contributed by atoms with Crippen molar-refractivity contribution in [1.29, 1.82) is 0 Å². The molecule has 21 heavy (non-hydrogen) atoms. The Kier molecular flexibility index (Phi) is 4.53. The molecule has 0 bridgehead atoms. The summed E-state index contributed by atoms with van der Waals surface area (Å²) in [4.78, 5) is 15.9. The summed E-state index contributed by atoms with van der Waals surface area (Å²) < 4.78 is 2.76. The molecule has 0 aliphatic heterocycles. The van der Waals surface area contributed by atoms with Gasteiger partial charge in [-0.05, 0) is 39.9 Å². The second kappa shape index (κ2) is 6.03. The van der Waals surface area contributed by atoms with Crippen molar-refractivity contribution in [1.82, 2.24) is 14.9 Å². The molecule has 0 spiro atoms. The number of halogens is 1. The van der Waals surface area contributed by atoms with E-state index in [1.165, 1.54) is 0 Å². The molecule has 0 saturated heterocycles. The van der Waals surface area contributed by atoms with Crippen molar-refractivity contribution in [3.63, 3.8) is 0 Å². The molecule has 2 aromatic heterocycles. The van der Waals surface area contributed by atoms with Crippen molar-refractivity contribution in [2.75, 3.05) is 11.9 Å². The Morgan fingerprint density at radius 1 is 1.43 bits per heavy atom. The van der Waals surface area contributed by atoms with E-state index in [1.54, 1.807) is 5.48 Å². The van der Waals surface area contributed by atoms with E-state index in [0.29, 0.717) is 0 Å². The van der Waals surface area contributed by atoms with Crippen LogP contribution in [0.1, 0.15) is 26.5 Å². The van der Waals surface area contributed by atoms with Crippen molar-refractivity contribution in [3.8, 4) is 0 Å². The number of anilines is 1. The highest BCUT2D eigenvalue weighted by atomic mass is 79.9. The van der Waals surface area contributed by atoms with Crippen molar-refractivity contribution in [2.45, 2.75) is 27.2 Å². The summed E-state index contributed by atoms with van der Waals surface area (Å²) in [6.07, 6.45) is 0.768. The van der Waals surface area contributed by atoms with E-state index >= 15 is 0 Å². The first kappa shape index (κ1) is 15.8. The maximum atomic E-state index is 11.3. The van der Waals surface area contributed by atoms with E-state index in [4.69, 9.17) is 5.21 Å². The van der Waals surface area contributed by atoms with E-state index in [0.717, 1.165) is 28.2 Å². The Hall–Kier alpha value is -1.60. The number of hydrogen-bond donors (Lipinski definition) is 3. The van der Waals surface area contributed by atoms with Crippen LogP contribution in [-0.2, 0) is 11.2 Å². The van der Waals surface area contributed by atoms with Gasteiger partial charge in [0.05, 0.1) is 16.8 Å². The van der Waals surface area contributed by atoms with Gasteiger partial charge in [0, 0.05) is 0 Å². The second-order valence-corrected chi connectivity index (χ2v) is 6.89. The Morgan fingerprint density at radius 2 is 2.14 bits per heavy atom. The van der Waals surface area contributed by atoms with Crippen LogP contribution in [0.25, 0.3) is 5.65 Å². The Labute approximate surface area is 131 Å². The predicted molar refractivity (Wildman–Crippen MR) is 84.5 cm³/mol. The van der Waals surface area contributed by atoms with Gasteiger partial charge >= 0.3 is 0 Å². The second-order valence-electron chi connectivity index (χ2n) is 6.08. The van der Waals surface area contributed by atoms with Gasteiger partial charge in [0.1, 0.15) is 11.5 Å². The summed E-state index contributed by atoms with van der Waals surface area (Å²) in [5, 5.41) is 11.7. The molecule has 2 heterocycles. The lowest BCUT2D eigenvalue weighted by atomic mass is 9.90. The molecule has 0 aromatic carbocycles. The summed E-state index contributed by atoms with van der Waals surface area (Å²) in [6, 6.07) is 5.73. The largest absolute Gasteiger partial charge is 0.360 e. The van der Waals surface area contributed by atoms with Gasteiger partial charge in [-0.15, -0.1) is 0 Å². The van der Waals surface area contributed by atoms with Crippen LogP contribution in [0.2, 0.25) is 0 Å². The van der Waals surface area contributed by atoms with Crippen LogP contribution in [0, 0.1) is 5.41 Å². The molecule has 0 atom stereocenters. The number of hydrogen-bond acceptors (Lipinski definition) is 4. The number of hydroxylamine groups is 1. The first-order valence-electron chi connectivity index (χ1n) is 6.64. The highest BCUT2D eigenvalue weighted by molar-refractivity contribution is 9.10. The van der Waals surface area contributed by atoms with E-state index in [2.05, 4.69) is 47.0 Å². The molecule has 0 aliphatic carbocycles. The van der Waals surface area contributed by atoms with Gasteiger partial charge in [-0.25, -0.2) is 10.5 Å². The summed E-state index contributed by atoms with van der Waals surface area (Å²) in [7, 11) is 0. The highest BCUT2D eigenvalue weighted by Gasteiger charge is 2.20. The molecular weight excluding hydrogens is 336 g/mol. The first-order chi connectivity index (χ1) is 9.81. The molecule has 0 fully saturated rings. The number of carbonyl (C=O) groups is 1. The number of carbonyl (C=O) groups excluding carboxylic acids is 1. The number of amides is 1. The molecule has 7 heteroatoms. The smallest absolute Gasteiger partial charge is 0.262 e. The molecule has 0 aliphatic rings. The highest BCUT2D eigenvalue weighted by Crippen LogP contribution is 2.29. The number of fused-ring (bicyclic) bond motifs is 1. The zero-order chi connectivity index (χ0) is 15.6. The van der Waals surface area contributed by atoms with Gasteiger partial charge < -0.3 is 5.32 Å². The van der Waals surface area contributed by atoms with Gasteiger partial charge in [0.15, 0.2) is 0 Å². The summed E-state index contributed by atoms with van der Waals surface area (Å²) in [5.74, 6) is 0.259. The molecular formula is C14H19BrN4O2. The minimum atomic E-state index is -0.501. The number of nitrogens with one attached hydrogen (secondary N) is 2. The fraction of sp³-hybridized carbons (Fsp3) is 0.429. The Bertz CT molecular complexity index is 661. The topological polar surface area (TPSA) is 78.7 Å². The third kappa shape index (κ3) is 3.74. The standard InChI is InChI=1S/C14H19BrN4O2/c1-14(2,3)7-9-13(16-8-12(20)18-21)19-10(15)5-4-6-11(19)17-9/h4-6,16,21H,7-8H2,1-3H3,(H,18,20). The van der Waals surface area contributed by atoms with Crippen LogP contribution in [0.5, 0.6) is 0 Å². The van der Waals surface area contributed by atoms with Crippen molar-refractivity contribution >= 4 is 33.3 Å². The summed E-state index contributed by atoms with van der Waals surface area (Å²) >= 11 is 3.50. The molecule has 6 nitrogen and oxygen atoms in total. The number of imidazole rings is 1. The summed E-state index contributed by atoms with van der Waals surface area (Å²) in [6.45, 7) is 6.38. The van der Waals surface area contributed by atoms with Crippen LogP contribution < -0.4 is 10.8 Å². The van der Waals surface area contributed by atoms with Crippen molar-refractivity contribution in [2.24, 2.45) is 5.41 Å². The monoisotopic (exact) mass is 354 g/mol. The Morgan fingerprint density at radius 3 is 2.76 bits per heavy atom. The molecule has 2 rings (SSSR count). The first-order valence-corrected chi connectivity index (χ1v) is 7.44. The molecule has 114 valence electrons. The van der Waals surface area contributed by atoms with Gasteiger partial charge in [-0.1, -0.05) is 26.8 Å². The Balaban J connectivity index is 2.46. The van der Waals surface area contributed by atoms with Crippen LogP contribution in [0.15, 0.2) is 22.8 Å². The van der Waals surface area contributed by atoms with Crippen LogP contribution in [0.4, 0.5) is 5.82 Å². The fourth-order valence-electron chi connectivity index (χ4n) is 2.11. The quantitative estimate of drug-likeness (QED) is 0.448. The number of aromatic nitrogens is 2. The van der Waals surface area contributed by atoms with Gasteiger partial charge in [0.2, 0.25) is 0 Å². The van der Waals surface area contributed by atoms with Gasteiger partial charge in [-0.2, -0.15) is 0 Å². The molecule has 1 amide bonds. The number of nitrogens with zero attached hydrogens (tertiary/aromatic N) is 2. The van der Waals surface area contributed by atoms with Crippen LogP contribution >= 0.6 is 15.9 Å². The summed E-state index contributed by atoms with van der Waals surface area (Å²) in [5.41, 5.74) is 3.37. The lowest BCUT2D eigenvalue weighted by molar-refractivity contribution is -0.127. The van der Waals surface area contributed by atoms with Crippen LogP contribution in [0.3, 0.4) is 0 Å². The molecule has 2 aromatic rings. The molecule has 0 radical (unpaired) electrons. The minimum Gasteiger partial charge on any atom is -0.360 e. The van der Waals surface area contributed by atoms with E-state index in [-0.39, 0.29) is 12.0 Å². The third-order valence-electron chi connectivity index (χ3n) is 2.91. The maximum Gasteiger partial charge on any atom is 0.262 e. The maximum absolute atomic E-state index is 11.3. The molecule has 0 unspecified atom stereocenters. The molecule has 3 N–H and O–H groups in total. The minimum absolute atomic E-state index is 0.0250. The lowest BCUT2D eigenvalue weighted by Crippen LogP contribution is -2.27. The number of pyridine rings is 1. The van der Waals surface area contributed by atoms with Gasteiger partial charge in [-0.3, -0.25) is 14.4 Å². The average Bonchev–Trinajstić information content (AvgIpc) is 2.72. The zero-order valence-corrected chi connectivity index (χ0v) is 13.9. The fourth-order valence-corrected chi connectivity index (χ4v) is 2.62. The van der Waals surface area contributed by atoms with Crippen LogP contribution in [-0.4, -0.2) is 27.0 Å². The SMILES string of the molecule is CC(C)(C)Cc1nc2cccc(Br)n2c1NCC(=O)NO. The third-order valence-corrected chi connectivity index (χ3v) is 3.53. The van der Waals surface area contributed by atoms with Crippen molar-refractivity contribution in [3.05, 3.63) is 28.5 Å². The van der Waals surface area contributed by atoms with E-state index < -0.39 is 5.91 Å². The van der Waals surface area contributed by atoms with Crippen molar-refractivity contribution < 1.29 is 10.0 Å². The van der Waals surface area contributed by atoms with Gasteiger partial charge in [0.25, 0.3) is 5.91 Å². The lowest BCUT2D eigenvalue weighted by Gasteiger charge is -2.18. The van der Waals surface area contributed by atoms with E-state index in [9.17, 15) is 4.79 Å². The predicted octanol–water partition coefficient (Wildman–Crippen LogP) is 2.60. The molecule has 0 saturated carbocycles. The number of rotatable bonds is 4. The normalized spacial score (nSPS) is 11.7. The average molecular weight is 355 g/mol. The zero-order valence-electron chi connectivity index (χ0n) is 12.3.